The van der Waals surface area contributed by atoms with E-state index >= 15 is 8.78 Å². The fraction of sp³-hybridized carbons (Fsp3) is 0.259. The molecule has 2 saturated heterocycles. The van der Waals surface area contributed by atoms with Gasteiger partial charge in [0.1, 0.15) is 23.1 Å². The molecule has 2 N–H and O–H groups in total. The van der Waals surface area contributed by atoms with Gasteiger partial charge in [-0.2, -0.15) is 4.98 Å². The maximum atomic E-state index is 15.0. The molecule has 0 bridgehead atoms. The number of morpholine rings is 1. The van der Waals surface area contributed by atoms with Crippen molar-refractivity contribution in [3.63, 3.8) is 0 Å². The molecule has 0 atom stereocenters. The molecule has 6 rings (SSSR count). The van der Waals surface area contributed by atoms with E-state index in [0.717, 1.165) is 0 Å². The van der Waals surface area contributed by atoms with Crippen molar-refractivity contribution in [3.05, 3.63) is 78.4 Å². The number of hydrogen-bond acceptors (Lipinski definition) is 8. The first-order chi connectivity index (χ1) is 19.0. The number of carbonyl (C=O) groups excluding carboxylic acids is 1. The lowest BCUT2D eigenvalue weighted by atomic mass is 10.1. The number of aromatic nitrogens is 4. The molecule has 5 heterocycles. The number of piperazine rings is 1. The largest absolute Gasteiger partial charge is 0.379 e. The summed E-state index contributed by atoms with van der Waals surface area (Å²) in [6, 6.07) is 7.92. The van der Waals surface area contributed by atoms with Gasteiger partial charge in [-0.15, -0.1) is 0 Å². The third-order valence-corrected chi connectivity index (χ3v) is 6.77. The molecule has 0 saturated carbocycles. The van der Waals surface area contributed by atoms with Crippen LogP contribution in [0, 0.1) is 11.6 Å². The molecule has 39 heavy (non-hydrogen) atoms. The van der Waals surface area contributed by atoms with E-state index in [9.17, 15) is 4.79 Å². The average molecular weight is 533 g/mol. The molecule has 0 unspecified atom stereocenters. The van der Waals surface area contributed by atoms with Crippen molar-refractivity contribution in [2.24, 2.45) is 0 Å². The van der Waals surface area contributed by atoms with E-state index in [-0.39, 0.29) is 24.0 Å². The summed E-state index contributed by atoms with van der Waals surface area (Å²) in [7, 11) is 0. The summed E-state index contributed by atoms with van der Waals surface area (Å²) in [4.78, 5) is 29.2. The molecule has 200 valence electrons. The molecule has 0 radical (unpaired) electrons. The third kappa shape index (κ3) is 5.03. The predicted octanol–water partition coefficient (Wildman–Crippen LogP) is 3.12. The van der Waals surface area contributed by atoms with Crippen LogP contribution in [0.25, 0.3) is 16.7 Å². The summed E-state index contributed by atoms with van der Waals surface area (Å²) >= 11 is 0. The number of halogens is 2. The first-order valence-corrected chi connectivity index (χ1v) is 12.6. The summed E-state index contributed by atoms with van der Waals surface area (Å²) in [6.45, 7) is 7.38. The Morgan fingerprint density at radius 2 is 1.85 bits per heavy atom. The Bertz CT molecular complexity index is 1530. The minimum atomic E-state index is -0.608. The fourth-order valence-electron chi connectivity index (χ4n) is 4.68. The number of nitrogens with one attached hydrogen (secondary N) is 2. The molecular formula is C27H26F2N8O2. The fourth-order valence-corrected chi connectivity index (χ4v) is 4.68. The number of nitrogens with zero attached hydrogens (tertiary/aromatic N) is 6. The molecule has 2 aliphatic heterocycles. The van der Waals surface area contributed by atoms with Gasteiger partial charge >= 0.3 is 0 Å². The third-order valence-electron chi connectivity index (χ3n) is 6.77. The summed E-state index contributed by atoms with van der Waals surface area (Å²) in [6.07, 6.45) is 4.92. The van der Waals surface area contributed by atoms with Crippen LogP contribution in [0.3, 0.4) is 0 Å². The molecule has 1 amide bonds. The van der Waals surface area contributed by atoms with Gasteiger partial charge in [0.15, 0.2) is 0 Å². The van der Waals surface area contributed by atoms with Gasteiger partial charge in [-0.3, -0.25) is 14.6 Å². The van der Waals surface area contributed by atoms with E-state index in [1.54, 1.807) is 46.3 Å². The van der Waals surface area contributed by atoms with Crippen LogP contribution >= 0.6 is 0 Å². The van der Waals surface area contributed by atoms with Crippen molar-refractivity contribution in [2.45, 2.75) is 6.54 Å². The molecule has 12 heteroatoms. The number of anilines is 3. The van der Waals surface area contributed by atoms with Gasteiger partial charge in [0.2, 0.25) is 5.95 Å². The van der Waals surface area contributed by atoms with Crippen molar-refractivity contribution < 1.29 is 18.3 Å². The number of pyridine rings is 1. The molecule has 0 spiro atoms. The molecule has 2 aliphatic rings. The zero-order valence-electron chi connectivity index (χ0n) is 21.0. The van der Waals surface area contributed by atoms with Crippen molar-refractivity contribution in [2.75, 3.05) is 49.6 Å². The highest BCUT2D eigenvalue weighted by atomic mass is 19.1. The Morgan fingerprint density at radius 1 is 1.05 bits per heavy atom. The van der Waals surface area contributed by atoms with Crippen LogP contribution in [0.15, 0.2) is 61.2 Å². The number of carbonyl (C=O) groups is 1. The van der Waals surface area contributed by atoms with Gasteiger partial charge in [-0.25, -0.2) is 18.7 Å². The first-order valence-electron chi connectivity index (χ1n) is 12.6. The molecular weight excluding hydrogens is 506 g/mol. The Balaban J connectivity index is 1.23. The smallest absolute Gasteiger partial charge is 0.274 e. The lowest BCUT2D eigenvalue weighted by Crippen LogP contribution is -2.46. The first kappa shape index (κ1) is 24.9. The molecule has 0 aliphatic carbocycles. The number of ether oxygens (including phenoxy) is 1. The lowest BCUT2D eigenvalue weighted by molar-refractivity contribution is -0.116. The quantitative estimate of drug-likeness (QED) is 0.366. The Kier molecular flexibility index (Phi) is 6.63. The Hall–Kier alpha value is -4.42. The second-order valence-corrected chi connectivity index (χ2v) is 9.33. The molecule has 10 nitrogen and oxygen atoms in total. The van der Waals surface area contributed by atoms with E-state index in [2.05, 4.69) is 32.2 Å². The predicted molar refractivity (Wildman–Crippen MR) is 142 cm³/mol. The topological polar surface area (TPSA) is 100 Å². The van der Waals surface area contributed by atoms with Gasteiger partial charge in [-0.05, 0) is 30.3 Å². The second kappa shape index (κ2) is 10.4. The van der Waals surface area contributed by atoms with E-state index in [1.807, 2.05) is 4.90 Å². The van der Waals surface area contributed by atoms with Crippen LogP contribution in [0.5, 0.6) is 0 Å². The van der Waals surface area contributed by atoms with Crippen molar-refractivity contribution in [1.29, 1.82) is 0 Å². The zero-order chi connectivity index (χ0) is 26.9. The number of amides is 1. The Morgan fingerprint density at radius 3 is 2.59 bits per heavy atom. The van der Waals surface area contributed by atoms with E-state index in [4.69, 9.17) is 4.74 Å². The molecule has 1 aromatic carbocycles. The number of hydrogen-bond donors (Lipinski definition) is 2. The minimum absolute atomic E-state index is 0.0388. The van der Waals surface area contributed by atoms with Crippen molar-refractivity contribution >= 4 is 34.4 Å². The van der Waals surface area contributed by atoms with Crippen molar-refractivity contribution in [3.8, 4) is 5.69 Å². The standard InChI is InChI=1S/C27H26F2N8O2/c1-17-26(38)37(7-5-30-17)24-3-2-19(15-31-24)33-27-32-14-18-4-6-36(25(18)34-27)20-12-22(28)21(23(29)13-20)16-35-8-10-39-11-9-35/h2-4,6,12-15,30H,1,5,7-11,16H2,(H,32,33,34). The van der Waals surface area contributed by atoms with Crippen LogP contribution in [0.2, 0.25) is 0 Å². The second-order valence-electron chi connectivity index (χ2n) is 9.33. The van der Waals surface area contributed by atoms with E-state index in [0.29, 0.717) is 73.3 Å². The van der Waals surface area contributed by atoms with E-state index in [1.165, 1.54) is 12.1 Å². The van der Waals surface area contributed by atoms with Crippen LogP contribution in [0.4, 0.5) is 26.2 Å². The highest BCUT2D eigenvalue weighted by Crippen LogP contribution is 2.25. The highest BCUT2D eigenvalue weighted by Gasteiger charge is 2.23. The monoisotopic (exact) mass is 532 g/mol. The van der Waals surface area contributed by atoms with E-state index < -0.39 is 11.6 Å². The summed E-state index contributed by atoms with van der Waals surface area (Å²) < 4.78 is 37.0. The van der Waals surface area contributed by atoms with Crippen LogP contribution < -0.4 is 15.5 Å². The average Bonchev–Trinajstić information content (AvgIpc) is 3.37. The number of rotatable bonds is 6. The van der Waals surface area contributed by atoms with Gasteiger partial charge in [0, 0.05) is 56.1 Å². The molecule has 2 fully saturated rings. The minimum Gasteiger partial charge on any atom is -0.379 e. The van der Waals surface area contributed by atoms with Crippen LogP contribution in [-0.2, 0) is 16.1 Å². The Labute approximate surface area is 222 Å². The maximum Gasteiger partial charge on any atom is 0.274 e. The van der Waals surface area contributed by atoms with Gasteiger partial charge < -0.3 is 19.9 Å². The van der Waals surface area contributed by atoms with Crippen LogP contribution in [0.1, 0.15) is 5.56 Å². The summed E-state index contributed by atoms with van der Waals surface area (Å²) in [5.74, 6) is -0.633. The van der Waals surface area contributed by atoms with Crippen molar-refractivity contribution in [1.82, 2.24) is 29.7 Å². The maximum absolute atomic E-state index is 15.0. The summed E-state index contributed by atoms with van der Waals surface area (Å²) in [5.41, 5.74) is 1.80. The zero-order valence-corrected chi connectivity index (χ0v) is 21.0. The summed E-state index contributed by atoms with van der Waals surface area (Å²) in [5, 5.41) is 6.75. The van der Waals surface area contributed by atoms with Gasteiger partial charge in [-0.1, -0.05) is 6.58 Å². The SMILES string of the molecule is C=C1NCCN(c2ccc(Nc3ncc4ccn(-c5cc(F)c(CN6CCOCC6)c(F)c5)c4n3)cn2)C1=O. The van der Waals surface area contributed by atoms with Gasteiger partial charge in [0.05, 0.1) is 36.5 Å². The van der Waals surface area contributed by atoms with Crippen LogP contribution in [-0.4, -0.2) is 69.7 Å². The molecule has 3 aromatic heterocycles. The number of fused-ring (bicyclic) bond motifs is 1. The number of benzene rings is 1. The van der Waals surface area contributed by atoms with Gasteiger partial charge in [0.25, 0.3) is 5.91 Å². The highest BCUT2D eigenvalue weighted by molar-refractivity contribution is 6.05. The lowest BCUT2D eigenvalue weighted by Gasteiger charge is -2.28. The molecule has 4 aromatic rings. The normalized spacial score (nSPS) is 16.5.